The fraction of sp³-hybridized carbons (Fsp3) is 1.00. The minimum Gasteiger partial charge on any atom is -0.385 e. The summed E-state index contributed by atoms with van der Waals surface area (Å²) < 4.78 is 20.8. The van der Waals surface area contributed by atoms with Gasteiger partial charge in [0.2, 0.25) is 0 Å². The molecule has 1 saturated carbocycles. The van der Waals surface area contributed by atoms with Crippen LogP contribution in [0.2, 0.25) is 0 Å². The van der Waals surface area contributed by atoms with Gasteiger partial charge in [0.1, 0.15) is 0 Å². The van der Waals surface area contributed by atoms with E-state index in [9.17, 15) is 0 Å². The van der Waals surface area contributed by atoms with Crippen LogP contribution in [0.5, 0.6) is 0 Å². The van der Waals surface area contributed by atoms with Crippen molar-refractivity contribution in [3.05, 3.63) is 0 Å². The smallest absolute Gasteiger partial charge is 0.0701 e. The van der Waals surface area contributed by atoms with Gasteiger partial charge >= 0.3 is 0 Å². The third kappa shape index (κ3) is 8.55. The lowest BCUT2D eigenvalue weighted by Crippen LogP contribution is -2.28. The van der Waals surface area contributed by atoms with Crippen LogP contribution in [-0.2, 0) is 18.9 Å². The van der Waals surface area contributed by atoms with Crippen molar-refractivity contribution in [3.63, 3.8) is 0 Å². The van der Waals surface area contributed by atoms with Crippen LogP contribution in [0.1, 0.15) is 19.3 Å². The van der Waals surface area contributed by atoms with E-state index in [0.717, 1.165) is 26.3 Å². The first-order valence-electron chi connectivity index (χ1n) is 7.17. The molecule has 1 aliphatic rings. The molecule has 0 unspecified atom stereocenters. The first kappa shape index (κ1) is 16.9. The van der Waals surface area contributed by atoms with Gasteiger partial charge in [-0.15, -0.1) is 0 Å². The first-order chi connectivity index (χ1) is 9.33. The lowest BCUT2D eigenvalue weighted by atomic mass is 10.0. The minimum absolute atomic E-state index is 0.513. The molecule has 0 bridgehead atoms. The molecule has 114 valence electrons. The molecule has 0 atom stereocenters. The second-order valence-electron chi connectivity index (χ2n) is 5.14. The maximum absolute atomic E-state index is 5.48. The molecular weight excluding hydrogens is 246 g/mol. The second kappa shape index (κ2) is 10.6. The molecule has 0 spiro atoms. The Labute approximate surface area is 116 Å². The van der Waals surface area contributed by atoms with E-state index in [4.69, 9.17) is 18.9 Å². The highest BCUT2D eigenvalue weighted by atomic mass is 16.5. The van der Waals surface area contributed by atoms with Gasteiger partial charge in [0.05, 0.1) is 33.0 Å². The zero-order valence-electron chi connectivity index (χ0n) is 12.4. The van der Waals surface area contributed by atoms with Crippen molar-refractivity contribution < 1.29 is 18.9 Å². The van der Waals surface area contributed by atoms with Crippen LogP contribution in [0.25, 0.3) is 0 Å². The van der Waals surface area contributed by atoms with Gasteiger partial charge in [-0.2, -0.15) is 0 Å². The maximum atomic E-state index is 5.48. The van der Waals surface area contributed by atoms with Gasteiger partial charge in [-0.25, -0.2) is 0 Å². The van der Waals surface area contributed by atoms with Crippen molar-refractivity contribution in [2.45, 2.75) is 19.3 Å². The molecule has 1 fully saturated rings. The molecule has 0 aromatic heterocycles. The van der Waals surface area contributed by atoms with Crippen molar-refractivity contribution in [1.29, 1.82) is 0 Å². The van der Waals surface area contributed by atoms with Gasteiger partial charge in [-0.1, -0.05) is 0 Å². The van der Waals surface area contributed by atoms with Gasteiger partial charge in [-0.05, 0) is 24.7 Å². The topological polar surface area (TPSA) is 49.0 Å². The van der Waals surface area contributed by atoms with Gasteiger partial charge in [0, 0.05) is 33.9 Å². The highest BCUT2D eigenvalue weighted by Gasteiger charge is 2.41. The van der Waals surface area contributed by atoms with Crippen molar-refractivity contribution in [1.82, 2.24) is 5.32 Å². The first-order valence-corrected chi connectivity index (χ1v) is 7.17. The summed E-state index contributed by atoms with van der Waals surface area (Å²) in [6.45, 7) is 6.19. The molecule has 0 aliphatic heterocycles. The van der Waals surface area contributed by atoms with E-state index in [1.807, 2.05) is 0 Å². The third-order valence-corrected chi connectivity index (χ3v) is 3.52. The summed E-state index contributed by atoms with van der Waals surface area (Å²) in [6.07, 6.45) is 3.83. The number of nitrogens with one attached hydrogen (secondary N) is 1. The predicted molar refractivity (Wildman–Crippen MR) is 74.5 cm³/mol. The molecule has 0 aromatic carbocycles. The van der Waals surface area contributed by atoms with Crippen LogP contribution in [0, 0.1) is 5.41 Å². The van der Waals surface area contributed by atoms with E-state index in [-0.39, 0.29) is 0 Å². The number of methoxy groups -OCH3 is 2. The second-order valence-corrected chi connectivity index (χ2v) is 5.14. The molecule has 1 N–H and O–H groups in total. The van der Waals surface area contributed by atoms with Gasteiger partial charge in [0.25, 0.3) is 0 Å². The van der Waals surface area contributed by atoms with E-state index >= 15 is 0 Å². The Balaban J connectivity index is 1.79. The van der Waals surface area contributed by atoms with Crippen LogP contribution in [0.3, 0.4) is 0 Å². The normalized spacial score (nSPS) is 16.7. The molecule has 1 rings (SSSR count). The van der Waals surface area contributed by atoms with Crippen LogP contribution in [0.15, 0.2) is 0 Å². The Hall–Kier alpha value is -0.200. The standard InChI is InChI=1S/C14H29NO4/c1-16-7-5-14(3-4-14)13-15-6-8-18-11-12-19-10-9-17-2/h15H,3-13H2,1-2H3. The molecule has 0 heterocycles. The largest absolute Gasteiger partial charge is 0.385 e. The average Bonchev–Trinajstić information content (AvgIpc) is 3.19. The number of hydrogen-bond acceptors (Lipinski definition) is 5. The number of ether oxygens (including phenoxy) is 4. The molecular formula is C14H29NO4. The van der Waals surface area contributed by atoms with Crippen LogP contribution >= 0.6 is 0 Å². The highest BCUT2D eigenvalue weighted by molar-refractivity contribution is 4.94. The SMILES string of the molecule is COCCOCCOCCNCC1(CCOC)CC1. The molecule has 0 amide bonds. The number of rotatable bonds is 14. The van der Waals surface area contributed by atoms with Crippen molar-refractivity contribution >= 4 is 0 Å². The summed E-state index contributed by atoms with van der Waals surface area (Å²) in [5.74, 6) is 0. The Morgan fingerprint density at radius 2 is 1.47 bits per heavy atom. The van der Waals surface area contributed by atoms with Gasteiger partial charge < -0.3 is 24.3 Å². The third-order valence-electron chi connectivity index (χ3n) is 3.52. The lowest BCUT2D eigenvalue weighted by Gasteiger charge is -2.15. The Bertz CT molecular complexity index is 210. The van der Waals surface area contributed by atoms with Crippen LogP contribution in [0.4, 0.5) is 0 Å². The highest BCUT2D eigenvalue weighted by Crippen LogP contribution is 2.48. The molecule has 0 aromatic rings. The zero-order chi connectivity index (χ0) is 13.8. The van der Waals surface area contributed by atoms with Crippen molar-refractivity contribution in [2.24, 2.45) is 5.41 Å². The fourth-order valence-corrected chi connectivity index (χ4v) is 1.97. The summed E-state index contributed by atoms with van der Waals surface area (Å²) in [5, 5.41) is 3.47. The van der Waals surface area contributed by atoms with E-state index in [1.54, 1.807) is 14.2 Å². The minimum atomic E-state index is 0.513. The molecule has 0 saturated heterocycles. The average molecular weight is 275 g/mol. The van der Waals surface area contributed by atoms with Gasteiger partial charge in [-0.3, -0.25) is 0 Å². The van der Waals surface area contributed by atoms with Crippen molar-refractivity contribution in [2.75, 3.05) is 67.0 Å². The Morgan fingerprint density at radius 1 is 0.842 bits per heavy atom. The van der Waals surface area contributed by atoms with E-state index in [2.05, 4.69) is 5.32 Å². The Morgan fingerprint density at radius 3 is 2.11 bits per heavy atom. The zero-order valence-corrected chi connectivity index (χ0v) is 12.4. The summed E-state index contributed by atoms with van der Waals surface area (Å²) in [4.78, 5) is 0. The molecule has 1 aliphatic carbocycles. The summed E-state index contributed by atoms with van der Waals surface area (Å²) >= 11 is 0. The molecule has 5 nitrogen and oxygen atoms in total. The number of hydrogen-bond donors (Lipinski definition) is 1. The van der Waals surface area contributed by atoms with Crippen LogP contribution in [-0.4, -0.2) is 67.0 Å². The summed E-state index contributed by atoms with van der Waals surface area (Å²) in [6, 6.07) is 0. The van der Waals surface area contributed by atoms with E-state index < -0.39 is 0 Å². The summed E-state index contributed by atoms with van der Waals surface area (Å²) in [7, 11) is 3.44. The lowest BCUT2D eigenvalue weighted by molar-refractivity contribution is 0.0254. The predicted octanol–water partition coefficient (Wildman–Crippen LogP) is 1.07. The van der Waals surface area contributed by atoms with Crippen molar-refractivity contribution in [3.8, 4) is 0 Å². The fourth-order valence-electron chi connectivity index (χ4n) is 1.97. The van der Waals surface area contributed by atoms with Gasteiger partial charge in [0.15, 0.2) is 0 Å². The molecule has 5 heteroatoms. The maximum Gasteiger partial charge on any atom is 0.0701 e. The Kier molecular flexibility index (Phi) is 9.38. The molecule has 0 radical (unpaired) electrons. The van der Waals surface area contributed by atoms with E-state index in [0.29, 0.717) is 31.8 Å². The van der Waals surface area contributed by atoms with Crippen LogP contribution < -0.4 is 5.32 Å². The summed E-state index contributed by atoms with van der Waals surface area (Å²) in [5.41, 5.74) is 0.513. The molecule has 19 heavy (non-hydrogen) atoms. The monoisotopic (exact) mass is 275 g/mol. The van der Waals surface area contributed by atoms with E-state index in [1.165, 1.54) is 19.3 Å². The quantitative estimate of drug-likeness (QED) is 0.481.